The Morgan fingerprint density at radius 2 is 1.68 bits per heavy atom. The van der Waals surface area contributed by atoms with Crippen LogP contribution in [0.4, 0.5) is 17.5 Å². The van der Waals surface area contributed by atoms with Crippen LogP contribution < -0.4 is 10.2 Å². The third-order valence-electron chi connectivity index (χ3n) is 6.60. The van der Waals surface area contributed by atoms with Gasteiger partial charge in [-0.25, -0.2) is 4.98 Å². The van der Waals surface area contributed by atoms with Gasteiger partial charge in [0.2, 0.25) is 5.95 Å². The highest BCUT2D eigenvalue weighted by atomic mass is 79.9. The monoisotopic (exact) mass is 602 g/mol. The summed E-state index contributed by atoms with van der Waals surface area (Å²) in [7, 11) is 0. The summed E-state index contributed by atoms with van der Waals surface area (Å²) in [6.45, 7) is 3.81. The third kappa shape index (κ3) is 7.16. The van der Waals surface area contributed by atoms with Crippen molar-refractivity contribution in [2.45, 2.75) is 26.4 Å². The molecule has 0 atom stereocenters. The van der Waals surface area contributed by atoms with Gasteiger partial charge in [-0.1, -0.05) is 46.1 Å². The van der Waals surface area contributed by atoms with Crippen molar-refractivity contribution < 1.29 is 0 Å². The maximum atomic E-state index is 9.12. The largest absolute Gasteiger partial charge is 0.348 e. The molecule has 0 saturated heterocycles. The van der Waals surface area contributed by atoms with Gasteiger partial charge in [-0.3, -0.25) is 0 Å². The Kier molecular flexibility index (Phi) is 8.68. The topological polar surface area (TPSA) is 95.5 Å². The zero-order valence-corrected chi connectivity index (χ0v) is 24.1. The maximum Gasteiger partial charge on any atom is 0.229 e. The number of benzene rings is 3. The van der Waals surface area contributed by atoms with E-state index < -0.39 is 0 Å². The zero-order valence-electron chi connectivity index (χ0n) is 22.5. The van der Waals surface area contributed by atoms with Crippen molar-refractivity contribution in [2.24, 2.45) is 0 Å². The molecular weight excluding hydrogens is 576 g/mol. The molecule has 0 radical (unpaired) electrons. The van der Waals surface area contributed by atoms with E-state index in [4.69, 9.17) is 16.7 Å². The second-order valence-corrected chi connectivity index (χ2v) is 10.4. The van der Waals surface area contributed by atoms with Crippen LogP contribution in [0.5, 0.6) is 0 Å². The number of nitriles is 1. The van der Waals surface area contributed by atoms with Crippen molar-refractivity contribution in [3.05, 3.63) is 123 Å². The minimum atomic E-state index is 0.492. The minimum Gasteiger partial charge on any atom is -0.348 e. The molecule has 0 aliphatic heterocycles. The molecule has 0 fully saturated rings. The number of anilines is 3. The van der Waals surface area contributed by atoms with Gasteiger partial charge in [0.25, 0.3) is 0 Å². The van der Waals surface area contributed by atoms with E-state index in [0.29, 0.717) is 31.1 Å². The van der Waals surface area contributed by atoms with Gasteiger partial charge in [-0.2, -0.15) is 10.2 Å². The molecule has 5 aromatic rings. The Hall–Kier alpha value is -4.99. The molecule has 5 rings (SSSR count). The Morgan fingerprint density at radius 3 is 2.39 bits per heavy atom. The number of hydrogen-bond acceptors (Lipinski definition) is 7. The van der Waals surface area contributed by atoms with Gasteiger partial charge in [0.1, 0.15) is 12.1 Å². The van der Waals surface area contributed by atoms with Gasteiger partial charge < -0.3 is 14.8 Å². The minimum absolute atomic E-state index is 0.492. The molecule has 9 heteroatoms. The number of terminal acetylenes is 1. The number of aryl methyl sites for hydroxylation is 1. The molecule has 1 N–H and O–H groups in total. The normalized spacial score (nSPS) is 10.5. The summed E-state index contributed by atoms with van der Waals surface area (Å²) < 4.78 is 3.07. The van der Waals surface area contributed by atoms with Gasteiger partial charge in [0.15, 0.2) is 5.82 Å². The van der Waals surface area contributed by atoms with E-state index in [0.717, 1.165) is 44.9 Å². The number of nitrogens with one attached hydrogen (secondary N) is 1. The quantitative estimate of drug-likeness (QED) is 0.195. The first kappa shape index (κ1) is 27.6. The molecule has 0 saturated carbocycles. The lowest BCUT2D eigenvalue weighted by atomic mass is 10.1. The highest BCUT2D eigenvalue weighted by molar-refractivity contribution is 9.10. The second kappa shape index (κ2) is 12.9. The molecule has 3 aromatic carbocycles. The van der Waals surface area contributed by atoms with E-state index in [-0.39, 0.29) is 0 Å². The molecule has 0 aliphatic rings. The van der Waals surface area contributed by atoms with Gasteiger partial charge in [-0.15, -0.1) is 16.6 Å². The highest BCUT2D eigenvalue weighted by Crippen LogP contribution is 2.23. The van der Waals surface area contributed by atoms with E-state index in [2.05, 4.69) is 77.6 Å². The van der Waals surface area contributed by atoms with E-state index >= 15 is 0 Å². The molecule has 41 heavy (non-hydrogen) atoms. The van der Waals surface area contributed by atoms with Crippen molar-refractivity contribution in [2.75, 3.05) is 16.8 Å². The van der Waals surface area contributed by atoms with Crippen LogP contribution in [0.25, 0.3) is 0 Å². The third-order valence-corrected chi connectivity index (χ3v) is 7.13. The number of hydrogen-bond donors (Lipinski definition) is 1. The molecule has 0 amide bonds. The van der Waals surface area contributed by atoms with Crippen LogP contribution in [0.2, 0.25) is 0 Å². The lowest BCUT2D eigenvalue weighted by Gasteiger charge is -2.25. The first-order chi connectivity index (χ1) is 20.0. The zero-order chi connectivity index (χ0) is 28.6. The summed E-state index contributed by atoms with van der Waals surface area (Å²) in [5.74, 6) is 4.74. The summed E-state index contributed by atoms with van der Waals surface area (Å²) in [6, 6.07) is 25.6. The molecule has 0 aliphatic carbocycles. The van der Waals surface area contributed by atoms with E-state index in [1.54, 1.807) is 6.33 Å². The predicted octanol–water partition coefficient (Wildman–Crippen LogP) is 6.03. The van der Waals surface area contributed by atoms with Crippen molar-refractivity contribution in [3.8, 4) is 18.4 Å². The van der Waals surface area contributed by atoms with E-state index in [1.807, 2.05) is 66.2 Å². The van der Waals surface area contributed by atoms with Crippen molar-refractivity contribution in [1.29, 1.82) is 5.26 Å². The van der Waals surface area contributed by atoms with Crippen LogP contribution in [-0.4, -0.2) is 31.3 Å². The first-order valence-corrected chi connectivity index (χ1v) is 13.8. The molecule has 0 unspecified atom stereocenters. The van der Waals surface area contributed by atoms with Crippen LogP contribution in [0.3, 0.4) is 0 Å². The van der Waals surface area contributed by atoms with Crippen LogP contribution in [-0.2, 0) is 19.5 Å². The summed E-state index contributed by atoms with van der Waals surface area (Å²) in [5, 5.41) is 21.1. The molecular formula is C32H27BrN8. The van der Waals surface area contributed by atoms with Crippen LogP contribution in [0.15, 0.2) is 89.8 Å². The number of aromatic nitrogens is 5. The Morgan fingerprint density at radius 1 is 0.976 bits per heavy atom. The highest BCUT2D eigenvalue weighted by Gasteiger charge is 2.17. The van der Waals surface area contributed by atoms with Crippen molar-refractivity contribution in [3.63, 3.8) is 0 Å². The fraction of sp³-hybridized carbons (Fsp3) is 0.156. The standard InChI is InChI=1S/C32H27BrN8/c1-3-24-10-14-29(15-11-24)37-32-35-19-23(2)31(38-32)40(17-16-25-8-12-28(33)13-9-25)21-30-39-36-22-41(30)20-27-6-4-26(18-34)5-7-27/h1,4-15,19,22H,16-17,20-21H2,2H3,(H,35,37,38). The van der Waals surface area contributed by atoms with Gasteiger partial charge in [0.05, 0.1) is 24.7 Å². The molecule has 0 spiro atoms. The lowest BCUT2D eigenvalue weighted by molar-refractivity contribution is 0.671. The van der Waals surface area contributed by atoms with E-state index in [9.17, 15) is 0 Å². The van der Waals surface area contributed by atoms with E-state index in [1.165, 1.54) is 5.56 Å². The molecule has 202 valence electrons. The Bertz CT molecular complexity index is 1700. The number of halogens is 1. The lowest BCUT2D eigenvalue weighted by Crippen LogP contribution is -2.29. The van der Waals surface area contributed by atoms with Crippen molar-refractivity contribution >= 4 is 33.4 Å². The molecule has 0 bridgehead atoms. The summed E-state index contributed by atoms with van der Waals surface area (Å²) >= 11 is 3.52. The first-order valence-electron chi connectivity index (χ1n) is 13.0. The predicted molar refractivity (Wildman–Crippen MR) is 164 cm³/mol. The maximum absolute atomic E-state index is 9.12. The second-order valence-electron chi connectivity index (χ2n) is 9.53. The molecule has 2 heterocycles. The fourth-order valence-electron chi connectivity index (χ4n) is 4.35. The van der Waals surface area contributed by atoms with Gasteiger partial charge in [-0.05, 0) is 73.0 Å². The molecule has 2 aromatic heterocycles. The van der Waals surface area contributed by atoms with Crippen LogP contribution >= 0.6 is 15.9 Å². The van der Waals surface area contributed by atoms with Gasteiger partial charge >= 0.3 is 0 Å². The molecule has 8 nitrogen and oxygen atoms in total. The SMILES string of the molecule is C#Cc1ccc(Nc2ncc(C)c(N(CCc3ccc(Br)cc3)Cc3nncn3Cc3ccc(C#N)cc3)n2)cc1. The van der Waals surface area contributed by atoms with Gasteiger partial charge in [0, 0.05) is 34.0 Å². The summed E-state index contributed by atoms with van der Waals surface area (Å²) in [4.78, 5) is 11.7. The average Bonchev–Trinajstić information content (AvgIpc) is 3.44. The average molecular weight is 604 g/mol. The van der Waals surface area contributed by atoms with Crippen LogP contribution in [0, 0.1) is 30.6 Å². The number of rotatable bonds is 10. The fourth-order valence-corrected chi connectivity index (χ4v) is 4.62. The summed E-state index contributed by atoms with van der Waals surface area (Å²) in [5.41, 5.74) is 5.52. The smallest absolute Gasteiger partial charge is 0.229 e. The van der Waals surface area contributed by atoms with Crippen LogP contribution in [0.1, 0.15) is 33.6 Å². The van der Waals surface area contributed by atoms with Crippen molar-refractivity contribution in [1.82, 2.24) is 24.7 Å². The Balaban J connectivity index is 1.42. The summed E-state index contributed by atoms with van der Waals surface area (Å²) in [6.07, 6.45) is 9.88. The number of nitrogens with zero attached hydrogens (tertiary/aromatic N) is 7. The Labute approximate surface area is 247 Å².